The Balaban J connectivity index is 2.01. The number of nitrogens with two attached hydrogens (primary N) is 1. The fourth-order valence-corrected chi connectivity index (χ4v) is 5.08. The van der Waals surface area contributed by atoms with Crippen molar-refractivity contribution in [3.63, 3.8) is 0 Å². The molecular formula is C12H17N3O2S. The monoisotopic (exact) mass is 267 g/mol. The minimum Gasteiger partial charge on any atom is -0.384 e. The summed E-state index contributed by atoms with van der Waals surface area (Å²) < 4.78 is 26.9. The third kappa shape index (κ3) is 1.48. The Kier molecular flexibility index (Phi) is 2.44. The normalized spacial score (nSPS) is 31.9. The minimum absolute atomic E-state index is 0.184. The number of hydrogen-bond acceptors (Lipinski definition) is 4. The standard InChI is InChI=1S/C12H17N3O2S/c1-12-5-2-9(12)4-7-15(12)18(16,17)10-3-6-14-11(13)8-10/h3,6,8-9H,2,4-5,7H2,1H3,(H2,13,14)/t9-,12-/m0/s1. The van der Waals surface area contributed by atoms with Crippen LogP contribution >= 0.6 is 0 Å². The molecule has 0 spiro atoms. The zero-order chi connectivity index (χ0) is 13.0. The number of fused-ring (bicyclic) bond motifs is 1. The van der Waals surface area contributed by atoms with Crippen LogP contribution in [0.4, 0.5) is 5.82 Å². The van der Waals surface area contributed by atoms with Gasteiger partial charge in [-0.25, -0.2) is 13.4 Å². The largest absolute Gasteiger partial charge is 0.384 e. The molecule has 2 N–H and O–H groups in total. The molecule has 1 aromatic rings. The Morgan fingerprint density at radius 3 is 2.83 bits per heavy atom. The van der Waals surface area contributed by atoms with Gasteiger partial charge in [0.2, 0.25) is 10.0 Å². The van der Waals surface area contributed by atoms with Crippen molar-refractivity contribution in [3.8, 4) is 0 Å². The molecule has 0 bridgehead atoms. The summed E-state index contributed by atoms with van der Waals surface area (Å²) in [5.41, 5.74) is 5.39. The van der Waals surface area contributed by atoms with Gasteiger partial charge < -0.3 is 5.73 Å². The lowest BCUT2D eigenvalue weighted by Crippen LogP contribution is -2.53. The number of nitrogen functional groups attached to an aromatic ring is 1. The Bertz CT molecular complexity index is 587. The molecule has 1 saturated carbocycles. The summed E-state index contributed by atoms with van der Waals surface area (Å²) in [6, 6.07) is 2.95. The van der Waals surface area contributed by atoms with Crippen LogP contribution in [0.5, 0.6) is 0 Å². The van der Waals surface area contributed by atoms with E-state index < -0.39 is 10.0 Å². The van der Waals surface area contributed by atoms with Crippen LogP contribution in [0.1, 0.15) is 26.2 Å². The quantitative estimate of drug-likeness (QED) is 0.874. The summed E-state index contributed by atoms with van der Waals surface area (Å²) in [7, 11) is -3.44. The summed E-state index contributed by atoms with van der Waals surface area (Å²) in [5, 5.41) is 0. The smallest absolute Gasteiger partial charge is 0.243 e. The Morgan fingerprint density at radius 2 is 2.28 bits per heavy atom. The SMILES string of the molecule is C[C@]12CC[C@H]1CCN2S(=O)(=O)c1ccnc(N)c1. The molecule has 6 heteroatoms. The van der Waals surface area contributed by atoms with E-state index in [1.165, 1.54) is 18.3 Å². The molecule has 2 aliphatic rings. The summed E-state index contributed by atoms with van der Waals surface area (Å²) in [6.07, 6.45) is 4.51. The summed E-state index contributed by atoms with van der Waals surface area (Å²) in [4.78, 5) is 4.09. The molecule has 1 aliphatic carbocycles. The lowest BCUT2D eigenvalue weighted by atomic mass is 9.69. The van der Waals surface area contributed by atoms with Gasteiger partial charge in [0, 0.05) is 24.3 Å². The number of anilines is 1. The van der Waals surface area contributed by atoms with E-state index in [2.05, 4.69) is 11.9 Å². The number of nitrogens with zero attached hydrogens (tertiary/aromatic N) is 2. The first-order chi connectivity index (χ1) is 8.44. The van der Waals surface area contributed by atoms with E-state index >= 15 is 0 Å². The molecule has 2 atom stereocenters. The molecule has 98 valence electrons. The molecule has 5 nitrogen and oxygen atoms in total. The van der Waals surface area contributed by atoms with E-state index in [0.717, 1.165) is 19.3 Å². The summed E-state index contributed by atoms with van der Waals surface area (Å²) in [6.45, 7) is 2.67. The first kappa shape index (κ1) is 11.9. The van der Waals surface area contributed by atoms with Crippen LogP contribution in [0.2, 0.25) is 0 Å². The van der Waals surface area contributed by atoms with Gasteiger partial charge in [-0.15, -0.1) is 0 Å². The van der Waals surface area contributed by atoms with E-state index in [-0.39, 0.29) is 16.3 Å². The second kappa shape index (κ2) is 3.68. The molecule has 1 saturated heterocycles. The van der Waals surface area contributed by atoms with Gasteiger partial charge in [0.1, 0.15) is 5.82 Å². The van der Waals surface area contributed by atoms with E-state index in [1.807, 2.05) is 0 Å². The molecule has 1 aromatic heterocycles. The highest BCUT2D eigenvalue weighted by Gasteiger charge is 2.55. The minimum atomic E-state index is -3.44. The van der Waals surface area contributed by atoms with E-state index in [1.54, 1.807) is 4.31 Å². The van der Waals surface area contributed by atoms with Crippen molar-refractivity contribution in [2.45, 2.75) is 36.6 Å². The van der Waals surface area contributed by atoms with Gasteiger partial charge in [0.15, 0.2) is 0 Å². The van der Waals surface area contributed by atoms with E-state index in [4.69, 9.17) is 5.73 Å². The van der Waals surface area contributed by atoms with Gasteiger partial charge in [0.05, 0.1) is 4.90 Å². The maximum atomic E-state index is 12.6. The van der Waals surface area contributed by atoms with Crippen LogP contribution < -0.4 is 5.73 Å². The molecule has 0 aromatic carbocycles. The van der Waals surface area contributed by atoms with Crippen LogP contribution in [-0.4, -0.2) is 29.8 Å². The maximum absolute atomic E-state index is 12.6. The Labute approximate surface area is 107 Å². The molecular weight excluding hydrogens is 250 g/mol. The van der Waals surface area contributed by atoms with Gasteiger partial charge in [-0.2, -0.15) is 4.31 Å². The molecule has 0 radical (unpaired) electrons. The molecule has 2 fully saturated rings. The van der Waals surface area contributed by atoms with Gasteiger partial charge in [0.25, 0.3) is 0 Å². The molecule has 0 amide bonds. The zero-order valence-electron chi connectivity index (χ0n) is 10.3. The lowest BCUT2D eigenvalue weighted by molar-refractivity contribution is 0.0942. The average molecular weight is 267 g/mol. The van der Waals surface area contributed by atoms with Crippen molar-refractivity contribution in [1.82, 2.24) is 9.29 Å². The number of pyridine rings is 1. The molecule has 18 heavy (non-hydrogen) atoms. The first-order valence-corrected chi connectivity index (χ1v) is 7.63. The first-order valence-electron chi connectivity index (χ1n) is 6.19. The molecule has 2 heterocycles. The predicted octanol–water partition coefficient (Wildman–Crippen LogP) is 1.23. The fraction of sp³-hybridized carbons (Fsp3) is 0.583. The van der Waals surface area contributed by atoms with Gasteiger partial charge in [-0.3, -0.25) is 0 Å². The van der Waals surface area contributed by atoms with Crippen LogP contribution in [-0.2, 0) is 10.0 Å². The Morgan fingerprint density at radius 1 is 1.50 bits per heavy atom. The average Bonchev–Trinajstić information content (AvgIpc) is 2.53. The van der Waals surface area contributed by atoms with Crippen molar-refractivity contribution in [2.75, 3.05) is 12.3 Å². The van der Waals surface area contributed by atoms with Gasteiger partial charge in [-0.1, -0.05) is 0 Å². The lowest BCUT2D eigenvalue weighted by Gasteiger charge is -2.46. The van der Waals surface area contributed by atoms with Crippen molar-refractivity contribution in [3.05, 3.63) is 18.3 Å². The van der Waals surface area contributed by atoms with Crippen LogP contribution in [0.3, 0.4) is 0 Å². The molecule has 0 unspecified atom stereocenters. The van der Waals surface area contributed by atoms with E-state index in [9.17, 15) is 8.42 Å². The zero-order valence-corrected chi connectivity index (χ0v) is 11.2. The third-order valence-electron chi connectivity index (χ3n) is 4.47. The highest BCUT2D eigenvalue weighted by atomic mass is 32.2. The highest BCUT2D eigenvalue weighted by Crippen LogP contribution is 2.51. The Hall–Kier alpha value is -1.14. The van der Waals surface area contributed by atoms with Crippen molar-refractivity contribution < 1.29 is 8.42 Å². The fourth-order valence-electron chi connectivity index (χ4n) is 3.19. The number of rotatable bonds is 2. The number of sulfonamides is 1. The van der Waals surface area contributed by atoms with Gasteiger partial charge in [-0.05, 0) is 38.2 Å². The van der Waals surface area contributed by atoms with Crippen LogP contribution in [0.15, 0.2) is 23.2 Å². The second-order valence-corrected chi connectivity index (χ2v) is 7.24. The second-order valence-electron chi connectivity index (χ2n) is 5.38. The highest BCUT2D eigenvalue weighted by molar-refractivity contribution is 7.89. The van der Waals surface area contributed by atoms with Crippen molar-refractivity contribution >= 4 is 15.8 Å². The maximum Gasteiger partial charge on any atom is 0.243 e. The molecule has 3 rings (SSSR count). The van der Waals surface area contributed by atoms with Crippen LogP contribution in [0.25, 0.3) is 0 Å². The topological polar surface area (TPSA) is 76.3 Å². The number of hydrogen-bond donors (Lipinski definition) is 1. The third-order valence-corrected chi connectivity index (χ3v) is 6.50. The van der Waals surface area contributed by atoms with Crippen molar-refractivity contribution in [1.29, 1.82) is 0 Å². The molecule has 1 aliphatic heterocycles. The summed E-state index contributed by atoms with van der Waals surface area (Å²) >= 11 is 0. The van der Waals surface area contributed by atoms with Crippen LogP contribution in [0, 0.1) is 5.92 Å². The number of aromatic nitrogens is 1. The predicted molar refractivity (Wildman–Crippen MR) is 68.3 cm³/mol. The van der Waals surface area contributed by atoms with Crippen molar-refractivity contribution in [2.24, 2.45) is 5.92 Å². The van der Waals surface area contributed by atoms with Gasteiger partial charge >= 0.3 is 0 Å². The van der Waals surface area contributed by atoms with E-state index in [0.29, 0.717) is 12.5 Å². The summed E-state index contributed by atoms with van der Waals surface area (Å²) in [5.74, 6) is 0.761.